The highest BCUT2D eigenvalue weighted by Gasteiger charge is 2.34. The van der Waals surface area contributed by atoms with E-state index in [4.69, 9.17) is 5.73 Å². The molecule has 1 aliphatic heterocycles. The van der Waals surface area contributed by atoms with Crippen molar-refractivity contribution < 1.29 is 9.59 Å². The van der Waals surface area contributed by atoms with Gasteiger partial charge in [0.25, 0.3) is 0 Å². The van der Waals surface area contributed by atoms with Gasteiger partial charge in [-0.05, 0) is 25.7 Å². The van der Waals surface area contributed by atoms with Gasteiger partial charge in [-0.2, -0.15) is 0 Å². The van der Waals surface area contributed by atoms with Gasteiger partial charge in [-0.25, -0.2) is 0 Å². The molecule has 2 amide bonds. The number of nitrogens with zero attached hydrogens (tertiary/aromatic N) is 1. The molecule has 0 spiro atoms. The molecule has 0 bridgehead atoms. The average molecular weight is 290 g/mol. The molecule has 0 radical (unpaired) electrons. The first kappa shape index (κ1) is 16.2. The van der Waals surface area contributed by atoms with Gasteiger partial charge in [0.05, 0.1) is 12.1 Å². The van der Waals surface area contributed by atoms with Crippen molar-refractivity contribution in [3.05, 3.63) is 0 Å². The summed E-state index contributed by atoms with van der Waals surface area (Å²) < 4.78 is 0. The van der Waals surface area contributed by atoms with Crippen LogP contribution >= 0.6 is 12.4 Å². The van der Waals surface area contributed by atoms with Crippen LogP contribution in [0.3, 0.4) is 0 Å². The van der Waals surface area contributed by atoms with Gasteiger partial charge in [0.2, 0.25) is 11.8 Å². The summed E-state index contributed by atoms with van der Waals surface area (Å²) in [4.78, 5) is 25.3. The molecular weight excluding hydrogens is 266 g/mol. The van der Waals surface area contributed by atoms with Gasteiger partial charge in [0.1, 0.15) is 0 Å². The third kappa shape index (κ3) is 4.08. The van der Waals surface area contributed by atoms with Gasteiger partial charge >= 0.3 is 0 Å². The third-order valence-electron chi connectivity index (χ3n) is 4.11. The molecule has 19 heavy (non-hydrogen) atoms. The zero-order valence-corrected chi connectivity index (χ0v) is 12.1. The average Bonchev–Trinajstić information content (AvgIpc) is 2.81. The number of carbonyl (C=O) groups is 2. The predicted octanol–water partition coefficient (Wildman–Crippen LogP) is 0.808. The lowest BCUT2D eigenvalue weighted by Crippen LogP contribution is -2.54. The van der Waals surface area contributed by atoms with E-state index in [1.54, 1.807) is 4.90 Å². The minimum absolute atomic E-state index is 0. The van der Waals surface area contributed by atoms with Crippen LogP contribution in [0, 0.1) is 0 Å². The van der Waals surface area contributed by atoms with E-state index in [9.17, 15) is 9.59 Å². The van der Waals surface area contributed by atoms with Gasteiger partial charge < -0.3 is 16.0 Å². The number of likely N-dealkylation sites (tertiary alicyclic amines) is 1. The molecule has 1 heterocycles. The monoisotopic (exact) mass is 289 g/mol. The topological polar surface area (TPSA) is 75.4 Å². The van der Waals surface area contributed by atoms with Crippen molar-refractivity contribution in [2.75, 3.05) is 19.6 Å². The maximum atomic E-state index is 12.0. The largest absolute Gasteiger partial charge is 0.348 e. The Morgan fingerprint density at radius 2 is 1.95 bits per heavy atom. The zero-order valence-electron chi connectivity index (χ0n) is 11.3. The fraction of sp³-hybridized carbons (Fsp3) is 0.846. The molecule has 110 valence electrons. The quantitative estimate of drug-likeness (QED) is 0.804. The Hall–Kier alpha value is -0.810. The smallest absolute Gasteiger partial charge is 0.240 e. The highest BCUT2D eigenvalue weighted by molar-refractivity contribution is 5.85. The van der Waals surface area contributed by atoms with E-state index in [1.807, 2.05) is 0 Å². The number of rotatable bonds is 4. The molecule has 2 aliphatic rings. The molecule has 1 saturated heterocycles. The maximum absolute atomic E-state index is 12.0. The standard InChI is InChI=1S/C13H23N3O2.ClH/c14-10-13(6-2-3-7-13)15-11(17)9-16-8-4-1-5-12(16)18;/h1-10,14H2,(H,15,17);1H. The van der Waals surface area contributed by atoms with Crippen LogP contribution in [0.1, 0.15) is 44.9 Å². The van der Waals surface area contributed by atoms with E-state index in [2.05, 4.69) is 5.32 Å². The fourth-order valence-corrected chi connectivity index (χ4v) is 2.97. The summed E-state index contributed by atoms with van der Waals surface area (Å²) in [6.07, 6.45) is 6.70. The minimum atomic E-state index is -0.212. The molecule has 0 unspecified atom stereocenters. The van der Waals surface area contributed by atoms with E-state index in [0.29, 0.717) is 19.5 Å². The van der Waals surface area contributed by atoms with E-state index in [0.717, 1.165) is 38.5 Å². The van der Waals surface area contributed by atoms with Gasteiger partial charge in [-0.15, -0.1) is 12.4 Å². The van der Waals surface area contributed by atoms with Crippen molar-refractivity contribution in [3.8, 4) is 0 Å². The molecular formula is C13H24ClN3O2. The summed E-state index contributed by atoms with van der Waals surface area (Å²) in [6.45, 7) is 1.40. The highest BCUT2D eigenvalue weighted by Crippen LogP contribution is 2.28. The van der Waals surface area contributed by atoms with Gasteiger partial charge in [0, 0.05) is 19.5 Å². The summed E-state index contributed by atoms with van der Waals surface area (Å²) >= 11 is 0. The SMILES string of the molecule is Cl.NCC1(NC(=O)CN2CCCCC2=O)CCCC1. The van der Waals surface area contributed by atoms with Crippen molar-refractivity contribution in [2.24, 2.45) is 5.73 Å². The number of nitrogens with one attached hydrogen (secondary N) is 1. The van der Waals surface area contributed by atoms with Crippen LogP contribution in [0.4, 0.5) is 0 Å². The molecule has 2 rings (SSSR count). The first-order chi connectivity index (χ1) is 8.65. The Balaban J connectivity index is 0.00000180. The highest BCUT2D eigenvalue weighted by atomic mass is 35.5. The molecule has 6 heteroatoms. The molecule has 3 N–H and O–H groups in total. The number of carbonyl (C=O) groups excluding carboxylic acids is 2. The second-order valence-electron chi connectivity index (χ2n) is 5.51. The summed E-state index contributed by atoms with van der Waals surface area (Å²) in [5.41, 5.74) is 5.57. The lowest BCUT2D eigenvalue weighted by molar-refractivity contribution is -0.138. The van der Waals surface area contributed by atoms with Gasteiger partial charge in [0.15, 0.2) is 0 Å². The predicted molar refractivity (Wildman–Crippen MR) is 76.1 cm³/mol. The number of nitrogens with two attached hydrogens (primary N) is 1. The number of amides is 2. The van der Waals surface area contributed by atoms with Crippen LogP contribution in [0.2, 0.25) is 0 Å². The number of hydrogen-bond donors (Lipinski definition) is 2. The first-order valence-corrected chi connectivity index (χ1v) is 6.94. The van der Waals surface area contributed by atoms with Crippen LogP contribution in [0.5, 0.6) is 0 Å². The van der Waals surface area contributed by atoms with Crippen LogP contribution in [-0.4, -0.2) is 41.9 Å². The third-order valence-corrected chi connectivity index (χ3v) is 4.11. The molecule has 0 aromatic carbocycles. The molecule has 0 aromatic rings. The number of halogens is 1. The first-order valence-electron chi connectivity index (χ1n) is 6.94. The molecule has 0 aromatic heterocycles. The van der Waals surface area contributed by atoms with E-state index < -0.39 is 0 Å². The fourth-order valence-electron chi connectivity index (χ4n) is 2.97. The Kier molecular flexibility index (Phi) is 6.07. The van der Waals surface area contributed by atoms with Crippen molar-refractivity contribution in [1.82, 2.24) is 10.2 Å². The molecule has 1 saturated carbocycles. The van der Waals surface area contributed by atoms with Crippen LogP contribution in [0.15, 0.2) is 0 Å². The molecule has 2 fully saturated rings. The van der Waals surface area contributed by atoms with E-state index >= 15 is 0 Å². The molecule has 1 aliphatic carbocycles. The van der Waals surface area contributed by atoms with Gasteiger partial charge in [-0.1, -0.05) is 12.8 Å². The summed E-state index contributed by atoms with van der Waals surface area (Å²) in [7, 11) is 0. The molecule has 5 nitrogen and oxygen atoms in total. The summed E-state index contributed by atoms with van der Waals surface area (Å²) in [5.74, 6) is 0.0437. The lowest BCUT2D eigenvalue weighted by Gasteiger charge is -2.31. The Labute approximate surface area is 120 Å². The van der Waals surface area contributed by atoms with Crippen molar-refractivity contribution >= 4 is 24.2 Å². The van der Waals surface area contributed by atoms with E-state index in [-0.39, 0.29) is 36.3 Å². The lowest BCUT2D eigenvalue weighted by atomic mass is 9.98. The van der Waals surface area contributed by atoms with Crippen molar-refractivity contribution in [2.45, 2.75) is 50.5 Å². The Morgan fingerprint density at radius 3 is 2.53 bits per heavy atom. The molecule has 0 atom stereocenters. The Morgan fingerprint density at radius 1 is 1.26 bits per heavy atom. The van der Waals surface area contributed by atoms with Crippen molar-refractivity contribution in [1.29, 1.82) is 0 Å². The number of hydrogen-bond acceptors (Lipinski definition) is 3. The Bertz CT molecular complexity index is 330. The van der Waals surface area contributed by atoms with Crippen LogP contribution in [-0.2, 0) is 9.59 Å². The normalized spacial score (nSPS) is 21.9. The second kappa shape index (κ2) is 7.10. The van der Waals surface area contributed by atoms with Crippen molar-refractivity contribution in [3.63, 3.8) is 0 Å². The van der Waals surface area contributed by atoms with Crippen LogP contribution in [0.25, 0.3) is 0 Å². The second-order valence-corrected chi connectivity index (χ2v) is 5.51. The van der Waals surface area contributed by atoms with Gasteiger partial charge in [-0.3, -0.25) is 9.59 Å². The number of piperidine rings is 1. The van der Waals surface area contributed by atoms with E-state index in [1.165, 1.54) is 0 Å². The summed E-state index contributed by atoms with van der Waals surface area (Å²) in [5, 5.41) is 3.05. The minimum Gasteiger partial charge on any atom is -0.348 e. The van der Waals surface area contributed by atoms with Crippen LogP contribution < -0.4 is 11.1 Å². The maximum Gasteiger partial charge on any atom is 0.240 e. The zero-order chi connectivity index (χ0) is 13.0. The summed E-state index contributed by atoms with van der Waals surface area (Å²) in [6, 6.07) is 0.